The van der Waals surface area contributed by atoms with Gasteiger partial charge in [0.1, 0.15) is 5.54 Å². The molecule has 2 amide bonds. The topological polar surface area (TPSA) is 86.4 Å². The van der Waals surface area contributed by atoms with Gasteiger partial charge in [0.2, 0.25) is 0 Å². The van der Waals surface area contributed by atoms with Crippen molar-refractivity contribution in [3.8, 4) is 6.07 Å². The lowest BCUT2D eigenvalue weighted by Crippen LogP contribution is -3.15. The molecule has 2 fully saturated rings. The Bertz CT molecular complexity index is 461. The van der Waals surface area contributed by atoms with Crippen LogP contribution in [0.25, 0.3) is 0 Å². The van der Waals surface area contributed by atoms with E-state index in [1.165, 1.54) is 0 Å². The van der Waals surface area contributed by atoms with E-state index in [0.717, 1.165) is 49.8 Å². The number of likely N-dealkylation sites (N-methyl/N-ethyl adjacent to an activating group) is 1. The molecule has 1 unspecified atom stereocenters. The molecule has 0 radical (unpaired) electrons. The van der Waals surface area contributed by atoms with Crippen molar-refractivity contribution in [2.75, 3.05) is 13.6 Å². The minimum atomic E-state index is -0.708. The van der Waals surface area contributed by atoms with Gasteiger partial charge in [-0.2, -0.15) is 5.26 Å². The number of nitriles is 1. The number of nitrogens with zero attached hydrogens (tertiary/aromatic N) is 1. The molecule has 0 saturated heterocycles. The van der Waals surface area contributed by atoms with Gasteiger partial charge in [-0.05, 0) is 32.6 Å². The molecule has 2 rings (SSSR count). The molecule has 2 aliphatic carbocycles. The van der Waals surface area contributed by atoms with E-state index in [2.05, 4.69) is 16.7 Å². The maximum atomic E-state index is 12.4. The van der Waals surface area contributed by atoms with Crippen molar-refractivity contribution in [3.63, 3.8) is 0 Å². The quantitative estimate of drug-likeness (QED) is 0.619. The summed E-state index contributed by atoms with van der Waals surface area (Å²) in [7, 11) is 1.84. The van der Waals surface area contributed by atoms with Crippen molar-refractivity contribution < 1.29 is 14.5 Å². The minimum absolute atomic E-state index is 0.00712. The fourth-order valence-electron chi connectivity index (χ4n) is 2.90. The molecule has 0 aromatic carbocycles. The van der Waals surface area contributed by atoms with Gasteiger partial charge in [-0.15, -0.1) is 0 Å². The number of amides is 2. The third-order valence-electron chi connectivity index (χ3n) is 4.80. The molecule has 22 heavy (non-hydrogen) atoms. The van der Waals surface area contributed by atoms with Gasteiger partial charge in [0.15, 0.2) is 12.6 Å². The molecule has 0 spiro atoms. The molecule has 6 nitrogen and oxygen atoms in total. The van der Waals surface area contributed by atoms with Crippen LogP contribution in [0.3, 0.4) is 0 Å². The Morgan fingerprint density at radius 3 is 2.50 bits per heavy atom. The molecule has 0 aromatic rings. The maximum Gasteiger partial charge on any atom is 0.279 e. The molecule has 0 aromatic heterocycles. The molecule has 122 valence electrons. The van der Waals surface area contributed by atoms with E-state index in [9.17, 15) is 14.9 Å². The van der Waals surface area contributed by atoms with Crippen molar-refractivity contribution in [1.82, 2.24) is 10.6 Å². The van der Waals surface area contributed by atoms with Crippen LogP contribution in [-0.4, -0.2) is 43.0 Å². The van der Waals surface area contributed by atoms with E-state index < -0.39 is 5.54 Å². The van der Waals surface area contributed by atoms with Crippen LogP contribution in [0.4, 0.5) is 0 Å². The van der Waals surface area contributed by atoms with E-state index >= 15 is 0 Å². The van der Waals surface area contributed by atoms with Crippen molar-refractivity contribution in [3.05, 3.63) is 0 Å². The van der Waals surface area contributed by atoms with Gasteiger partial charge in [0, 0.05) is 6.04 Å². The largest absolute Gasteiger partial charge is 0.348 e. The van der Waals surface area contributed by atoms with Gasteiger partial charge in [-0.25, -0.2) is 0 Å². The number of nitrogens with one attached hydrogen (secondary N) is 3. The SMILES string of the molecule is C[C@@H](C(=O)NC1(C#N)CCCCC1)[NH+](C)CC(=O)NC1CC1. The van der Waals surface area contributed by atoms with Crippen molar-refractivity contribution in [2.45, 2.75) is 69.5 Å². The Morgan fingerprint density at radius 1 is 1.32 bits per heavy atom. The molecule has 2 aliphatic rings. The van der Waals surface area contributed by atoms with Crippen LogP contribution in [0.1, 0.15) is 51.9 Å². The van der Waals surface area contributed by atoms with E-state index in [0.29, 0.717) is 6.04 Å². The van der Waals surface area contributed by atoms with E-state index in [1.807, 2.05) is 14.0 Å². The van der Waals surface area contributed by atoms with Gasteiger partial charge in [0.05, 0.1) is 13.1 Å². The van der Waals surface area contributed by atoms with Crippen LogP contribution < -0.4 is 15.5 Å². The first-order chi connectivity index (χ1) is 10.5. The molecule has 6 heteroatoms. The lowest BCUT2D eigenvalue weighted by molar-refractivity contribution is -0.886. The van der Waals surface area contributed by atoms with Gasteiger partial charge in [0.25, 0.3) is 11.8 Å². The first-order valence-electron chi connectivity index (χ1n) is 8.31. The molecule has 0 bridgehead atoms. The second kappa shape index (κ2) is 7.10. The number of hydrogen-bond donors (Lipinski definition) is 3. The van der Waals surface area contributed by atoms with E-state index in [1.54, 1.807) is 0 Å². The van der Waals surface area contributed by atoms with Crippen LogP contribution in [0.2, 0.25) is 0 Å². The Hall–Kier alpha value is -1.61. The molecule has 0 heterocycles. The zero-order valence-corrected chi connectivity index (χ0v) is 13.6. The monoisotopic (exact) mass is 307 g/mol. The Kier molecular flexibility index (Phi) is 5.41. The van der Waals surface area contributed by atoms with Crippen LogP contribution in [-0.2, 0) is 9.59 Å². The Labute approximate surface area is 132 Å². The molecular formula is C16H27N4O2+. The lowest BCUT2D eigenvalue weighted by atomic mass is 9.82. The van der Waals surface area contributed by atoms with Crippen LogP contribution in [0.15, 0.2) is 0 Å². The Morgan fingerprint density at radius 2 is 1.95 bits per heavy atom. The van der Waals surface area contributed by atoms with Crippen LogP contribution in [0.5, 0.6) is 0 Å². The highest BCUT2D eigenvalue weighted by molar-refractivity contribution is 5.82. The zero-order valence-electron chi connectivity index (χ0n) is 13.6. The number of carbonyl (C=O) groups excluding carboxylic acids is 2. The summed E-state index contributed by atoms with van der Waals surface area (Å²) in [5.41, 5.74) is -0.708. The van der Waals surface area contributed by atoms with Crippen molar-refractivity contribution in [2.24, 2.45) is 0 Å². The van der Waals surface area contributed by atoms with Gasteiger partial charge < -0.3 is 15.5 Å². The number of rotatable bonds is 6. The van der Waals surface area contributed by atoms with Crippen LogP contribution >= 0.6 is 0 Å². The normalized spacial score (nSPS) is 23.0. The predicted octanol–water partition coefficient (Wildman–Crippen LogP) is -0.489. The summed E-state index contributed by atoms with van der Waals surface area (Å²) < 4.78 is 0. The number of quaternary nitrogens is 1. The highest BCUT2D eigenvalue weighted by Crippen LogP contribution is 2.27. The third-order valence-corrected chi connectivity index (χ3v) is 4.80. The zero-order chi connectivity index (χ0) is 16.2. The molecule has 0 aliphatic heterocycles. The fraction of sp³-hybridized carbons (Fsp3) is 0.812. The second-order valence-electron chi connectivity index (χ2n) is 6.83. The van der Waals surface area contributed by atoms with E-state index in [4.69, 9.17) is 0 Å². The van der Waals surface area contributed by atoms with Gasteiger partial charge in [-0.1, -0.05) is 19.3 Å². The Balaban J connectivity index is 1.84. The molecule has 3 N–H and O–H groups in total. The number of hydrogen-bond acceptors (Lipinski definition) is 3. The van der Waals surface area contributed by atoms with E-state index in [-0.39, 0.29) is 24.4 Å². The number of carbonyl (C=O) groups is 2. The first-order valence-corrected chi connectivity index (χ1v) is 8.31. The first kappa shape index (κ1) is 16.8. The maximum absolute atomic E-state index is 12.4. The third kappa shape index (κ3) is 4.44. The summed E-state index contributed by atoms with van der Waals surface area (Å²) in [6, 6.07) is 2.29. The summed E-state index contributed by atoms with van der Waals surface area (Å²) in [5, 5.41) is 15.3. The summed E-state index contributed by atoms with van der Waals surface area (Å²) in [6.45, 7) is 2.09. The fourth-order valence-corrected chi connectivity index (χ4v) is 2.90. The minimum Gasteiger partial charge on any atom is -0.348 e. The molecule has 2 atom stereocenters. The highest BCUT2D eigenvalue weighted by atomic mass is 16.2. The lowest BCUT2D eigenvalue weighted by Gasteiger charge is -2.33. The summed E-state index contributed by atoms with van der Waals surface area (Å²) in [4.78, 5) is 25.1. The van der Waals surface area contributed by atoms with Gasteiger partial charge in [-0.3, -0.25) is 9.59 Å². The molecule has 2 saturated carbocycles. The molecular weight excluding hydrogens is 280 g/mol. The summed E-state index contributed by atoms with van der Waals surface area (Å²) in [5.74, 6) is -0.146. The summed E-state index contributed by atoms with van der Waals surface area (Å²) in [6.07, 6.45) is 6.66. The highest BCUT2D eigenvalue weighted by Gasteiger charge is 2.36. The second-order valence-corrected chi connectivity index (χ2v) is 6.83. The standard InChI is InChI=1S/C16H26N4O2/c1-12(20(2)10-14(21)18-13-6-7-13)15(22)19-16(11-17)8-4-3-5-9-16/h12-13H,3-10H2,1-2H3,(H,18,21)(H,19,22)/p+1/t12-/m0/s1. The summed E-state index contributed by atoms with van der Waals surface area (Å²) >= 11 is 0. The van der Waals surface area contributed by atoms with Crippen molar-refractivity contribution in [1.29, 1.82) is 5.26 Å². The average molecular weight is 307 g/mol. The van der Waals surface area contributed by atoms with Crippen LogP contribution in [0, 0.1) is 11.3 Å². The van der Waals surface area contributed by atoms with Gasteiger partial charge >= 0.3 is 0 Å². The smallest absolute Gasteiger partial charge is 0.279 e. The van der Waals surface area contributed by atoms with Crippen molar-refractivity contribution >= 4 is 11.8 Å². The predicted molar refractivity (Wildman–Crippen MR) is 82.0 cm³/mol. The average Bonchev–Trinajstić information content (AvgIpc) is 3.31.